The van der Waals surface area contributed by atoms with Crippen molar-refractivity contribution in [3.8, 4) is 0 Å². The zero-order valence-corrected chi connectivity index (χ0v) is 12.3. The Morgan fingerprint density at radius 1 is 1.12 bits per heavy atom. The minimum atomic E-state index is -0.397. The van der Waals surface area contributed by atoms with E-state index >= 15 is 0 Å². The summed E-state index contributed by atoms with van der Waals surface area (Å²) in [4.78, 5) is 25.5. The van der Waals surface area contributed by atoms with E-state index in [-0.39, 0.29) is 17.7 Å². The molecule has 0 fully saturated rings. The standard InChI is InChI=1S/C14H27NO2/c1-10(2)8-9-12(16)15(7)11(3)13(17)14(4,5)6/h10-11H,8-9H2,1-7H3. The van der Waals surface area contributed by atoms with Crippen LogP contribution in [-0.4, -0.2) is 29.7 Å². The predicted molar refractivity (Wildman–Crippen MR) is 70.8 cm³/mol. The van der Waals surface area contributed by atoms with Crippen molar-refractivity contribution in [2.45, 2.75) is 60.4 Å². The highest BCUT2D eigenvalue weighted by molar-refractivity contribution is 5.91. The maximum atomic E-state index is 12.1. The van der Waals surface area contributed by atoms with Crippen molar-refractivity contribution in [3.63, 3.8) is 0 Å². The third-order valence-corrected chi connectivity index (χ3v) is 3.03. The molecule has 0 radical (unpaired) electrons. The maximum Gasteiger partial charge on any atom is 0.222 e. The number of hydrogen-bond donors (Lipinski definition) is 0. The molecule has 0 aliphatic rings. The van der Waals surface area contributed by atoms with Crippen molar-refractivity contribution in [2.24, 2.45) is 11.3 Å². The van der Waals surface area contributed by atoms with Gasteiger partial charge in [0.25, 0.3) is 0 Å². The van der Waals surface area contributed by atoms with Gasteiger partial charge in [-0.2, -0.15) is 0 Å². The number of carbonyl (C=O) groups excluding carboxylic acids is 2. The number of likely N-dealkylation sites (N-methyl/N-ethyl adjacent to an activating group) is 1. The first-order chi connectivity index (χ1) is 7.57. The SMILES string of the molecule is CC(C)CCC(=O)N(C)C(C)C(=O)C(C)(C)C. The number of nitrogens with zero attached hydrogens (tertiary/aromatic N) is 1. The summed E-state index contributed by atoms with van der Waals surface area (Å²) in [6.07, 6.45) is 1.40. The van der Waals surface area contributed by atoms with E-state index < -0.39 is 5.41 Å². The molecular weight excluding hydrogens is 214 g/mol. The van der Waals surface area contributed by atoms with Gasteiger partial charge in [-0.25, -0.2) is 0 Å². The number of carbonyl (C=O) groups is 2. The Kier molecular flexibility index (Phi) is 5.86. The highest BCUT2D eigenvalue weighted by atomic mass is 16.2. The molecule has 1 atom stereocenters. The molecule has 1 amide bonds. The molecule has 0 spiro atoms. The first kappa shape index (κ1) is 16.1. The van der Waals surface area contributed by atoms with Crippen LogP contribution in [0.3, 0.4) is 0 Å². The van der Waals surface area contributed by atoms with E-state index in [1.807, 2.05) is 20.8 Å². The molecule has 0 aliphatic heterocycles. The maximum absolute atomic E-state index is 12.1. The van der Waals surface area contributed by atoms with Crippen LogP contribution in [0, 0.1) is 11.3 Å². The smallest absolute Gasteiger partial charge is 0.222 e. The van der Waals surface area contributed by atoms with Crippen molar-refractivity contribution in [3.05, 3.63) is 0 Å². The quantitative estimate of drug-likeness (QED) is 0.742. The lowest BCUT2D eigenvalue weighted by atomic mass is 9.86. The number of hydrogen-bond acceptors (Lipinski definition) is 2. The summed E-state index contributed by atoms with van der Waals surface area (Å²) in [5.74, 6) is 0.683. The topological polar surface area (TPSA) is 37.4 Å². The second-order valence-electron chi connectivity index (χ2n) is 6.23. The van der Waals surface area contributed by atoms with Gasteiger partial charge in [0.15, 0.2) is 5.78 Å². The average Bonchev–Trinajstić information content (AvgIpc) is 2.21. The first-order valence-corrected chi connectivity index (χ1v) is 6.37. The largest absolute Gasteiger partial charge is 0.336 e. The normalized spacial score (nSPS) is 13.6. The fraction of sp³-hybridized carbons (Fsp3) is 0.857. The zero-order chi connectivity index (χ0) is 13.8. The summed E-state index contributed by atoms with van der Waals surface area (Å²) in [5, 5.41) is 0. The van der Waals surface area contributed by atoms with Crippen LogP contribution in [0.1, 0.15) is 54.4 Å². The lowest BCUT2D eigenvalue weighted by Gasteiger charge is -2.29. The summed E-state index contributed by atoms with van der Waals surface area (Å²) in [6.45, 7) is 11.7. The minimum absolute atomic E-state index is 0.0591. The summed E-state index contributed by atoms with van der Waals surface area (Å²) < 4.78 is 0. The van der Waals surface area contributed by atoms with E-state index in [2.05, 4.69) is 13.8 Å². The van der Waals surface area contributed by atoms with E-state index in [1.165, 1.54) is 0 Å². The molecule has 0 aromatic rings. The summed E-state index contributed by atoms with van der Waals surface area (Å²) in [7, 11) is 1.72. The van der Waals surface area contributed by atoms with Gasteiger partial charge in [0.2, 0.25) is 5.91 Å². The fourth-order valence-corrected chi connectivity index (χ4v) is 1.61. The van der Waals surface area contributed by atoms with Crippen molar-refractivity contribution >= 4 is 11.7 Å². The molecule has 17 heavy (non-hydrogen) atoms. The van der Waals surface area contributed by atoms with E-state index in [4.69, 9.17) is 0 Å². The molecule has 0 N–H and O–H groups in total. The summed E-state index contributed by atoms with van der Waals surface area (Å²) in [6, 6.07) is -0.338. The molecule has 0 rings (SSSR count). The summed E-state index contributed by atoms with van der Waals surface area (Å²) in [5.41, 5.74) is -0.397. The highest BCUT2D eigenvalue weighted by Crippen LogP contribution is 2.19. The monoisotopic (exact) mass is 241 g/mol. The van der Waals surface area contributed by atoms with Crippen molar-refractivity contribution in [1.29, 1.82) is 0 Å². The van der Waals surface area contributed by atoms with Crippen molar-refractivity contribution in [1.82, 2.24) is 4.90 Å². The molecule has 0 aromatic carbocycles. The number of rotatable bonds is 5. The molecular formula is C14H27NO2. The summed E-state index contributed by atoms with van der Waals surface area (Å²) >= 11 is 0. The van der Waals surface area contributed by atoms with Crippen LogP contribution in [0.5, 0.6) is 0 Å². The third-order valence-electron chi connectivity index (χ3n) is 3.03. The van der Waals surface area contributed by atoms with Gasteiger partial charge in [-0.3, -0.25) is 9.59 Å². The van der Waals surface area contributed by atoms with Crippen LogP contribution in [0.4, 0.5) is 0 Å². The van der Waals surface area contributed by atoms with Crippen LogP contribution in [0.15, 0.2) is 0 Å². The average molecular weight is 241 g/mol. The van der Waals surface area contributed by atoms with Crippen LogP contribution in [0.2, 0.25) is 0 Å². The number of Topliss-reactive ketones (excluding diaryl/α,β-unsaturated/α-hetero) is 1. The molecule has 0 aliphatic carbocycles. The van der Waals surface area contributed by atoms with Crippen LogP contribution in [-0.2, 0) is 9.59 Å². The van der Waals surface area contributed by atoms with Gasteiger partial charge in [-0.1, -0.05) is 34.6 Å². The Morgan fingerprint density at radius 3 is 1.94 bits per heavy atom. The van der Waals surface area contributed by atoms with Crippen molar-refractivity contribution < 1.29 is 9.59 Å². The van der Waals surface area contributed by atoms with Crippen LogP contribution < -0.4 is 0 Å². The molecule has 0 heterocycles. The number of ketones is 1. The predicted octanol–water partition coefficient (Wildman–Crippen LogP) is 2.88. The third kappa shape index (κ3) is 5.33. The van der Waals surface area contributed by atoms with Gasteiger partial charge < -0.3 is 4.90 Å². The Bertz CT molecular complexity index is 276. The molecule has 0 saturated carbocycles. The van der Waals surface area contributed by atoms with E-state index in [1.54, 1.807) is 18.9 Å². The first-order valence-electron chi connectivity index (χ1n) is 6.37. The molecule has 0 aromatic heterocycles. The van der Waals surface area contributed by atoms with Gasteiger partial charge in [0.1, 0.15) is 0 Å². The molecule has 100 valence electrons. The number of amides is 1. The molecule has 3 heteroatoms. The Morgan fingerprint density at radius 2 is 1.59 bits per heavy atom. The van der Waals surface area contributed by atoms with Gasteiger partial charge in [0.05, 0.1) is 6.04 Å². The lowest BCUT2D eigenvalue weighted by molar-refractivity contribution is -0.140. The molecule has 1 unspecified atom stereocenters. The highest BCUT2D eigenvalue weighted by Gasteiger charge is 2.30. The van der Waals surface area contributed by atoms with Crippen LogP contribution >= 0.6 is 0 Å². The van der Waals surface area contributed by atoms with Gasteiger partial charge in [-0.05, 0) is 19.3 Å². The van der Waals surface area contributed by atoms with Crippen molar-refractivity contribution in [2.75, 3.05) is 7.05 Å². The fourth-order valence-electron chi connectivity index (χ4n) is 1.61. The minimum Gasteiger partial charge on any atom is -0.336 e. The Balaban J connectivity index is 4.45. The van der Waals surface area contributed by atoms with E-state index in [9.17, 15) is 9.59 Å². The second kappa shape index (κ2) is 6.18. The molecule has 0 saturated heterocycles. The Hall–Kier alpha value is -0.860. The van der Waals surface area contributed by atoms with E-state index in [0.29, 0.717) is 12.3 Å². The van der Waals surface area contributed by atoms with Gasteiger partial charge in [0, 0.05) is 18.9 Å². The second-order valence-corrected chi connectivity index (χ2v) is 6.23. The van der Waals surface area contributed by atoms with Crippen LogP contribution in [0.25, 0.3) is 0 Å². The zero-order valence-electron chi connectivity index (χ0n) is 12.3. The van der Waals surface area contributed by atoms with E-state index in [0.717, 1.165) is 6.42 Å². The lowest BCUT2D eigenvalue weighted by Crippen LogP contribution is -2.44. The van der Waals surface area contributed by atoms with Gasteiger partial charge in [-0.15, -0.1) is 0 Å². The molecule has 0 bridgehead atoms. The molecule has 3 nitrogen and oxygen atoms in total. The Labute approximate surface area is 106 Å². The van der Waals surface area contributed by atoms with Gasteiger partial charge >= 0.3 is 0 Å².